The summed E-state index contributed by atoms with van der Waals surface area (Å²) in [7, 11) is 0. The van der Waals surface area contributed by atoms with Crippen molar-refractivity contribution in [2.24, 2.45) is 0 Å². The van der Waals surface area contributed by atoms with E-state index in [1.165, 1.54) is 70.4 Å². The quantitative estimate of drug-likeness (QED) is 0.823. The van der Waals surface area contributed by atoms with Gasteiger partial charge in [-0.25, -0.2) is 0 Å². The number of piperidine rings is 1. The van der Waals surface area contributed by atoms with Crippen LogP contribution in [0.15, 0.2) is 18.2 Å². The molecule has 1 atom stereocenters. The van der Waals surface area contributed by atoms with Gasteiger partial charge in [-0.2, -0.15) is 0 Å². The van der Waals surface area contributed by atoms with E-state index in [1.807, 2.05) is 0 Å². The summed E-state index contributed by atoms with van der Waals surface area (Å²) in [4.78, 5) is 5.32. The van der Waals surface area contributed by atoms with Gasteiger partial charge in [-0.05, 0) is 62.0 Å². The van der Waals surface area contributed by atoms with Gasteiger partial charge in [0.25, 0.3) is 0 Å². The lowest BCUT2D eigenvalue weighted by atomic mass is 9.95. The van der Waals surface area contributed by atoms with E-state index < -0.39 is 0 Å². The average molecular weight is 409 g/mol. The minimum Gasteiger partial charge on any atom is -0.315 e. The molecule has 0 radical (unpaired) electrons. The van der Waals surface area contributed by atoms with Gasteiger partial charge in [0.05, 0.1) is 0 Å². The molecule has 1 N–H and O–H groups in total. The van der Waals surface area contributed by atoms with Crippen LogP contribution >= 0.6 is 37.2 Å². The molecule has 1 unspecified atom stereocenters. The fourth-order valence-corrected chi connectivity index (χ4v) is 4.36. The summed E-state index contributed by atoms with van der Waals surface area (Å²) in [6.07, 6.45) is 6.75. The van der Waals surface area contributed by atoms with Crippen molar-refractivity contribution in [2.75, 3.05) is 32.7 Å². The Morgan fingerprint density at radius 1 is 0.960 bits per heavy atom. The van der Waals surface area contributed by atoms with Crippen molar-refractivity contribution in [3.8, 4) is 0 Å². The summed E-state index contributed by atoms with van der Waals surface area (Å²) >= 11 is 0. The van der Waals surface area contributed by atoms with Crippen molar-refractivity contribution in [3.05, 3.63) is 34.9 Å². The van der Waals surface area contributed by atoms with E-state index in [-0.39, 0.29) is 37.2 Å². The third kappa shape index (κ3) is 5.72. The van der Waals surface area contributed by atoms with E-state index >= 15 is 0 Å². The molecule has 0 spiro atoms. The first-order chi connectivity index (χ1) is 10.9. The first-order valence-electron chi connectivity index (χ1n) is 9.16. The number of fused-ring (bicyclic) bond motifs is 1. The van der Waals surface area contributed by atoms with Gasteiger partial charge in [0.15, 0.2) is 0 Å². The summed E-state index contributed by atoms with van der Waals surface area (Å²) in [5.74, 6) is 0. The number of benzene rings is 1. The van der Waals surface area contributed by atoms with E-state index in [4.69, 9.17) is 0 Å². The van der Waals surface area contributed by atoms with Crippen LogP contribution in [0, 0.1) is 0 Å². The minimum absolute atomic E-state index is 0. The van der Waals surface area contributed by atoms with Crippen LogP contribution in [0.2, 0.25) is 0 Å². The van der Waals surface area contributed by atoms with Gasteiger partial charge >= 0.3 is 0 Å². The van der Waals surface area contributed by atoms with Gasteiger partial charge in [0.1, 0.15) is 0 Å². The van der Waals surface area contributed by atoms with Crippen LogP contribution in [-0.2, 0) is 19.5 Å². The SMILES string of the molecule is Cl.Cl.Cl.c1cc2c(cc1CN1CCCCC1)CCN(C1CCNC1)C2. The Morgan fingerprint density at radius 2 is 1.76 bits per heavy atom. The number of hydrogen-bond acceptors (Lipinski definition) is 3. The second kappa shape index (κ2) is 11.0. The summed E-state index contributed by atoms with van der Waals surface area (Å²) in [5, 5.41) is 3.50. The number of nitrogens with zero attached hydrogens (tertiary/aromatic N) is 2. The largest absolute Gasteiger partial charge is 0.315 e. The molecular formula is C19H32Cl3N3. The predicted molar refractivity (Wildman–Crippen MR) is 113 cm³/mol. The maximum atomic E-state index is 3.50. The molecule has 3 aliphatic heterocycles. The fourth-order valence-electron chi connectivity index (χ4n) is 4.36. The predicted octanol–water partition coefficient (Wildman–Crippen LogP) is 3.66. The lowest BCUT2D eigenvalue weighted by Gasteiger charge is -2.34. The van der Waals surface area contributed by atoms with Crippen LogP contribution < -0.4 is 5.32 Å². The molecule has 144 valence electrons. The highest BCUT2D eigenvalue weighted by Gasteiger charge is 2.25. The Bertz CT molecular complexity index is 515. The first-order valence-corrected chi connectivity index (χ1v) is 9.16. The number of nitrogens with one attached hydrogen (secondary N) is 1. The van der Waals surface area contributed by atoms with Crippen molar-refractivity contribution in [1.82, 2.24) is 15.1 Å². The summed E-state index contributed by atoms with van der Waals surface area (Å²) in [5.41, 5.74) is 4.70. The molecule has 2 saturated heterocycles. The number of halogens is 3. The monoisotopic (exact) mass is 407 g/mol. The van der Waals surface area contributed by atoms with Crippen molar-refractivity contribution < 1.29 is 0 Å². The Hall–Kier alpha value is -0.0300. The third-order valence-corrected chi connectivity index (χ3v) is 5.72. The molecule has 0 aliphatic carbocycles. The maximum Gasteiger partial charge on any atom is 0.0240 e. The standard InChI is InChI=1S/C19H29N3.3ClH/c1-2-9-21(10-3-1)14-16-4-5-18-15-22(11-7-17(18)12-16)19-6-8-20-13-19;;;/h4-5,12,19-20H,1-3,6-11,13-15H2;3*1H. The van der Waals surface area contributed by atoms with Crippen LogP contribution in [0.25, 0.3) is 0 Å². The number of hydrogen-bond donors (Lipinski definition) is 1. The zero-order valence-corrected chi connectivity index (χ0v) is 17.4. The zero-order chi connectivity index (χ0) is 14.8. The molecule has 0 saturated carbocycles. The summed E-state index contributed by atoms with van der Waals surface area (Å²) in [6.45, 7) is 8.52. The topological polar surface area (TPSA) is 18.5 Å². The highest BCUT2D eigenvalue weighted by molar-refractivity contribution is 5.86. The Kier molecular flexibility index (Phi) is 10.1. The highest BCUT2D eigenvalue weighted by atomic mass is 35.5. The number of rotatable bonds is 3. The maximum absolute atomic E-state index is 3.50. The van der Waals surface area contributed by atoms with Gasteiger partial charge < -0.3 is 5.32 Å². The van der Waals surface area contributed by atoms with E-state index in [1.54, 1.807) is 11.1 Å². The molecule has 1 aromatic carbocycles. The summed E-state index contributed by atoms with van der Waals surface area (Å²) in [6, 6.07) is 8.04. The van der Waals surface area contributed by atoms with Crippen LogP contribution in [-0.4, -0.2) is 48.6 Å². The van der Waals surface area contributed by atoms with Gasteiger partial charge in [-0.15, -0.1) is 37.2 Å². The lowest BCUT2D eigenvalue weighted by molar-refractivity contribution is 0.190. The molecule has 1 aromatic rings. The summed E-state index contributed by atoms with van der Waals surface area (Å²) < 4.78 is 0. The van der Waals surface area contributed by atoms with Crippen LogP contribution in [0.3, 0.4) is 0 Å². The Morgan fingerprint density at radius 3 is 2.48 bits per heavy atom. The van der Waals surface area contributed by atoms with Crippen molar-refractivity contribution in [1.29, 1.82) is 0 Å². The highest BCUT2D eigenvalue weighted by Crippen LogP contribution is 2.24. The van der Waals surface area contributed by atoms with Crippen molar-refractivity contribution in [2.45, 2.75) is 51.2 Å². The molecule has 6 heteroatoms. The van der Waals surface area contributed by atoms with Crippen LogP contribution in [0.1, 0.15) is 42.4 Å². The van der Waals surface area contributed by atoms with Gasteiger partial charge in [-0.1, -0.05) is 24.6 Å². The minimum atomic E-state index is 0. The molecule has 0 amide bonds. The van der Waals surface area contributed by atoms with Gasteiger partial charge in [0.2, 0.25) is 0 Å². The van der Waals surface area contributed by atoms with Crippen molar-refractivity contribution in [3.63, 3.8) is 0 Å². The Labute approximate surface area is 171 Å². The molecular weight excluding hydrogens is 377 g/mol. The smallest absolute Gasteiger partial charge is 0.0240 e. The number of likely N-dealkylation sites (tertiary alicyclic amines) is 1. The molecule has 25 heavy (non-hydrogen) atoms. The lowest BCUT2D eigenvalue weighted by Crippen LogP contribution is -2.40. The molecule has 2 fully saturated rings. The molecule has 4 rings (SSSR count). The van der Waals surface area contributed by atoms with Crippen molar-refractivity contribution >= 4 is 37.2 Å². The van der Waals surface area contributed by atoms with Gasteiger partial charge in [0, 0.05) is 32.2 Å². The van der Waals surface area contributed by atoms with E-state index in [9.17, 15) is 0 Å². The normalized spacial score (nSPS) is 23.8. The van der Waals surface area contributed by atoms with Gasteiger partial charge in [-0.3, -0.25) is 9.80 Å². The molecule has 3 aliphatic rings. The Balaban J connectivity index is 0.00000104. The molecule has 0 bridgehead atoms. The zero-order valence-electron chi connectivity index (χ0n) is 14.9. The fraction of sp³-hybridized carbons (Fsp3) is 0.684. The van der Waals surface area contributed by atoms with E-state index in [2.05, 4.69) is 33.3 Å². The van der Waals surface area contributed by atoms with Crippen LogP contribution in [0.4, 0.5) is 0 Å². The van der Waals surface area contributed by atoms with E-state index in [0.717, 1.165) is 19.1 Å². The molecule has 3 nitrogen and oxygen atoms in total. The average Bonchev–Trinajstić information content (AvgIpc) is 3.10. The second-order valence-corrected chi connectivity index (χ2v) is 7.31. The van der Waals surface area contributed by atoms with E-state index in [0.29, 0.717) is 0 Å². The molecule has 0 aromatic heterocycles. The van der Waals surface area contributed by atoms with Crippen LogP contribution in [0.5, 0.6) is 0 Å². The first kappa shape index (κ1) is 23.0. The second-order valence-electron chi connectivity index (χ2n) is 7.31. The molecule has 3 heterocycles. The third-order valence-electron chi connectivity index (χ3n) is 5.72.